The number of amides is 2. The van der Waals surface area contributed by atoms with E-state index in [2.05, 4.69) is 0 Å². The van der Waals surface area contributed by atoms with E-state index in [1.54, 1.807) is 11.9 Å². The van der Waals surface area contributed by atoms with Gasteiger partial charge in [-0.2, -0.15) is 0 Å². The first kappa shape index (κ1) is 14.7. The lowest BCUT2D eigenvalue weighted by atomic mass is 10.1. The lowest BCUT2D eigenvalue weighted by molar-refractivity contribution is -0.141. The minimum atomic E-state index is -0.999. The summed E-state index contributed by atoms with van der Waals surface area (Å²) in [7, 11) is 3.20. The molecule has 0 aromatic rings. The van der Waals surface area contributed by atoms with Crippen LogP contribution in [0.15, 0.2) is 0 Å². The fourth-order valence-electron chi connectivity index (χ4n) is 1.20. The van der Waals surface area contributed by atoms with Crippen molar-refractivity contribution in [1.29, 1.82) is 0 Å². The van der Waals surface area contributed by atoms with Gasteiger partial charge < -0.3 is 14.9 Å². The molecule has 0 saturated carbocycles. The normalized spacial score (nSPS) is 14.4. The molecule has 5 nitrogen and oxygen atoms in total. The van der Waals surface area contributed by atoms with E-state index in [1.165, 1.54) is 18.9 Å². The van der Waals surface area contributed by atoms with Crippen LogP contribution in [0.4, 0.5) is 4.79 Å². The van der Waals surface area contributed by atoms with Crippen LogP contribution in [-0.4, -0.2) is 53.1 Å². The Balaban J connectivity index is 4.61. The molecule has 0 spiro atoms. The number of carbonyl (C=O) groups excluding carboxylic acids is 1. The Hall–Kier alpha value is -1.26. The number of carbonyl (C=O) groups is 2. The molecule has 2 unspecified atom stereocenters. The van der Waals surface area contributed by atoms with E-state index in [0.717, 1.165) is 0 Å². The van der Waals surface area contributed by atoms with Gasteiger partial charge in [0, 0.05) is 20.1 Å². The van der Waals surface area contributed by atoms with Gasteiger partial charge in [0.05, 0.1) is 0 Å². The zero-order valence-corrected chi connectivity index (χ0v) is 10.9. The third kappa shape index (κ3) is 3.40. The number of likely N-dealkylation sites (N-methyl/N-ethyl adjacent to an activating group) is 1. The zero-order valence-electron chi connectivity index (χ0n) is 10.9. The average Bonchev–Trinajstić information content (AvgIpc) is 2.23. The van der Waals surface area contributed by atoms with E-state index in [0.29, 0.717) is 5.92 Å². The first-order valence-electron chi connectivity index (χ1n) is 5.42. The number of hydrogen-bond acceptors (Lipinski definition) is 2. The van der Waals surface area contributed by atoms with E-state index in [-0.39, 0.29) is 12.1 Å². The average molecular weight is 230 g/mol. The van der Waals surface area contributed by atoms with Crippen molar-refractivity contribution in [3.8, 4) is 0 Å². The number of hydrogen-bond donors (Lipinski definition) is 1. The topological polar surface area (TPSA) is 60.9 Å². The molecule has 0 bridgehead atoms. The minimum Gasteiger partial charge on any atom is -0.480 e. The number of aliphatic carboxylic acids is 1. The lowest BCUT2D eigenvalue weighted by Gasteiger charge is -2.33. The Labute approximate surface area is 97.0 Å². The molecule has 0 fully saturated rings. The summed E-state index contributed by atoms with van der Waals surface area (Å²) in [5, 5.41) is 8.82. The van der Waals surface area contributed by atoms with Crippen molar-refractivity contribution < 1.29 is 14.7 Å². The van der Waals surface area contributed by atoms with Crippen LogP contribution in [-0.2, 0) is 4.79 Å². The van der Waals surface area contributed by atoms with E-state index in [4.69, 9.17) is 5.11 Å². The zero-order chi connectivity index (χ0) is 13.0. The summed E-state index contributed by atoms with van der Waals surface area (Å²) in [6.45, 7) is 7.49. The molecule has 0 radical (unpaired) electrons. The van der Waals surface area contributed by atoms with Crippen molar-refractivity contribution in [3.05, 3.63) is 0 Å². The number of nitrogens with zero attached hydrogens (tertiary/aromatic N) is 2. The number of urea groups is 1. The van der Waals surface area contributed by atoms with Crippen molar-refractivity contribution in [2.75, 3.05) is 14.1 Å². The molecule has 0 aromatic heterocycles. The summed E-state index contributed by atoms with van der Waals surface area (Å²) in [6, 6.07) is -0.999. The molecule has 0 heterocycles. The fourth-order valence-corrected chi connectivity index (χ4v) is 1.20. The molecule has 0 aliphatic rings. The highest BCUT2D eigenvalue weighted by molar-refractivity contribution is 5.82. The summed E-state index contributed by atoms with van der Waals surface area (Å²) in [4.78, 5) is 25.5. The van der Waals surface area contributed by atoms with Gasteiger partial charge in [-0.25, -0.2) is 9.59 Å². The summed E-state index contributed by atoms with van der Waals surface area (Å²) in [5.41, 5.74) is 0. The second-order valence-electron chi connectivity index (χ2n) is 4.50. The van der Waals surface area contributed by atoms with Crippen LogP contribution < -0.4 is 0 Å². The molecule has 2 atom stereocenters. The SMILES string of the molecule is CC(C)C(C)N(C)C(=O)N(C)C(C)C(=O)O. The second-order valence-corrected chi connectivity index (χ2v) is 4.50. The molecule has 0 aromatic carbocycles. The standard InChI is InChI=1S/C11H22N2O3/c1-7(2)8(3)12(5)11(16)13(6)9(4)10(14)15/h7-9H,1-6H3,(H,14,15). The third-order valence-electron chi connectivity index (χ3n) is 3.12. The Morgan fingerprint density at radius 3 is 1.75 bits per heavy atom. The van der Waals surface area contributed by atoms with Gasteiger partial charge in [-0.15, -0.1) is 0 Å². The summed E-state index contributed by atoms with van der Waals surface area (Å²) >= 11 is 0. The number of carboxylic acid groups (broad SMARTS) is 1. The molecule has 0 saturated heterocycles. The molecule has 5 heteroatoms. The van der Waals surface area contributed by atoms with Gasteiger partial charge in [-0.1, -0.05) is 13.8 Å². The highest BCUT2D eigenvalue weighted by Gasteiger charge is 2.27. The van der Waals surface area contributed by atoms with Crippen molar-refractivity contribution in [2.45, 2.75) is 39.8 Å². The van der Waals surface area contributed by atoms with Gasteiger partial charge >= 0.3 is 12.0 Å². The van der Waals surface area contributed by atoms with Crippen LogP contribution in [0.3, 0.4) is 0 Å². The van der Waals surface area contributed by atoms with E-state index >= 15 is 0 Å². The first-order valence-corrected chi connectivity index (χ1v) is 5.42. The largest absolute Gasteiger partial charge is 0.480 e. The molecule has 16 heavy (non-hydrogen) atoms. The maximum Gasteiger partial charge on any atom is 0.326 e. The van der Waals surface area contributed by atoms with Crippen LogP contribution in [0.5, 0.6) is 0 Å². The molecule has 0 aliphatic heterocycles. The second kappa shape index (κ2) is 5.72. The Morgan fingerprint density at radius 2 is 1.44 bits per heavy atom. The van der Waals surface area contributed by atoms with Gasteiger partial charge in [0.15, 0.2) is 0 Å². The van der Waals surface area contributed by atoms with Crippen molar-refractivity contribution >= 4 is 12.0 Å². The number of rotatable bonds is 4. The van der Waals surface area contributed by atoms with E-state index < -0.39 is 12.0 Å². The van der Waals surface area contributed by atoms with Crippen LogP contribution in [0.2, 0.25) is 0 Å². The summed E-state index contributed by atoms with van der Waals surface area (Å²) in [6.07, 6.45) is 0. The minimum absolute atomic E-state index is 0.0796. The lowest BCUT2D eigenvalue weighted by Crippen LogP contribution is -2.50. The highest BCUT2D eigenvalue weighted by Crippen LogP contribution is 2.11. The number of carboxylic acids is 1. The quantitative estimate of drug-likeness (QED) is 0.796. The van der Waals surface area contributed by atoms with Gasteiger partial charge in [0.1, 0.15) is 6.04 Å². The molecular formula is C11H22N2O3. The van der Waals surface area contributed by atoms with Gasteiger partial charge in [-0.3, -0.25) is 0 Å². The van der Waals surface area contributed by atoms with Crippen LogP contribution >= 0.6 is 0 Å². The van der Waals surface area contributed by atoms with Crippen molar-refractivity contribution in [1.82, 2.24) is 9.80 Å². The Bertz CT molecular complexity index is 266. The fraction of sp³-hybridized carbons (Fsp3) is 0.818. The smallest absolute Gasteiger partial charge is 0.326 e. The van der Waals surface area contributed by atoms with E-state index in [1.807, 2.05) is 20.8 Å². The Morgan fingerprint density at radius 1 is 1.00 bits per heavy atom. The summed E-state index contributed by atoms with van der Waals surface area (Å²) in [5.74, 6) is -0.663. The van der Waals surface area contributed by atoms with Crippen LogP contribution in [0, 0.1) is 5.92 Å². The van der Waals surface area contributed by atoms with Crippen LogP contribution in [0.25, 0.3) is 0 Å². The highest BCUT2D eigenvalue weighted by atomic mass is 16.4. The third-order valence-corrected chi connectivity index (χ3v) is 3.12. The van der Waals surface area contributed by atoms with Gasteiger partial charge in [0.25, 0.3) is 0 Å². The summed E-state index contributed by atoms with van der Waals surface area (Å²) < 4.78 is 0. The predicted octanol–water partition coefficient (Wildman–Crippen LogP) is 1.49. The first-order chi connectivity index (χ1) is 7.20. The molecule has 0 aliphatic carbocycles. The molecule has 0 rings (SSSR count). The molecule has 2 amide bonds. The maximum atomic E-state index is 11.9. The van der Waals surface area contributed by atoms with Crippen molar-refractivity contribution in [3.63, 3.8) is 0 Å². The Kier molecular flexibility index (Phi) is 5.27. The van der Waals surface area contributed by atoms with Crippen molar-refractivity contribution in [2.24, 2.45) is 5.92 Å². The molecule has 1 N–H and O–H groups in total. The monoisotopic (exact) mass is 230 g/mol. The predicted molar refractivity (Wildman–Crippen MR) is 62.3 cm³/mol. The van der Waals surface area contributed by atoms with Gasteiger partial charge in [0.2, 0.25) is 0 Å². The van der Waals surface area contributed by atoms with E-state index in [9.17, 15) is 9.59 Å². The van der Waals surface area contributed by atoms with Gasteiger partial charge in [-0.05, 0) is 19.8 Å². The maximum absolute atomic E-state index is 11.9. The molecule has 94 valence electrons. The molecular weight excluding hydrogens is 208 g/mol. The van der Waals surface area contributed by atoms with Crippen LogP contribution in [0.1, 0.15) is 27.7 Å².